The molecule has 5 aromatic rings. The van der Waals surface area contributed by atoms with Crippen LogP contribution in [-0.2, 0) is 11.3 Å². The Bertz CT molecular complexity index is 1510. The molecular formula is C21H14BrFN6O2. The Morgan fingerprint density at radius 2 is 1.87 bits per heavy atom. The van der Waals surface area contributed by atoms with Crippen LogP contribution in [0.1, 0.15) is 0 Å². The average Bonchev–Trinajstić information content (AvgIpc) is 3.33. The molecule has 0 fully saturated rings. The number of anilines is 1. The van der Waals surface area contributed by atoms with Crippen molar-refractivity contribution in [2.24, 2.45) is 0 Å². The normalized spacial score (nSPS) is 11.3. The van der Waals surface area contributed by atoms with Crippen molar-refractivity contribution < 1.29 is 9.18 Å². The fourth-order valence-corrected chi connectivity index (χ4v) is 3.64. The van der Waals surface area contributed by atoms with Gasteiger partial charge in [-0.2, -0.15) is 5.10 Å². The zero-order valence-electron chi connectivity index (χ0n) is 15.9. The van der Waals surface area contributed by atoms with Gasteiger partial charge in [0.2, 0.25) is 5.91 Å². The predicted octanol–water partition coefficient (Wildman–Crippen LogP) is 3.35. The number of carbonyl (C=O) groups excluding carboxylic acids is 1. The molecule has 1 N–H and O–H groups in total. The number of amides is 1. The molecule has 0 aliphatic rings. The third kappa shape index (κ3) is 3.50. The summed E-state index contributed by atoms with van der Waals surface area (Å²) >= 11 is 3.16. The molecule has 154 valence electrons. The van der Waals surface area contributed by atoms with Gasteiger partial charge in [-0.15, -0.1) is 5.10 Å². The molecule has 0 saturated heterocycles. The second-order valence-corrected chi connectivity index (χ2v) is 7.75. The summed E-state index contributed by atoms with van der Waals surface area (Å²) in [5.74, 6) is -1.15. The Balaban J connectivity index is 1.49. The first kappa shape index (κ1) is 19.2. The van der Waals surface area contributed by atoms with E-state index in [-0.39, 0.29) is 12.2 Å². The van der Waals surface area contributed by atoms with E-state index in [1.54, 1.807) is 23.0 Å². The zero-order valence-corrected chi connectivity index (χ0v) is 17.5. The molecule has 0 spiro atoms. The maximum absolute atomic E-state index is 14.0. The third-order valence-corrected chi connectivity index (χ3v) is 5.25. The van der Waals surface area contributed by atoms with Crippen LogP contribution in [-0.4, -0.2) is 29.7 Å². The number of aromatic nitrogens is 5. The zero-order chi connectivity index (χ0) is 21.5. The van der Waals surface area contributed by atoms with Gasteiger partial charge in [0.1, 0.15) is 17.9 Å². The van der Waals surface area contributed by atoms with Crippen molar-refractivity contribution in [2.75, 3.05) is 5.32 Å². The Morgan fingerprint density at radius 3 is 2.65 bits per heavy atom. The number of benzene rings is 2. The van der Waals surface area contributed by atoms with E-state index in [1.165, 1.54) is 16.5 Å². The van der Waals surface area contributed by atoms with Gasteiger partial charge in [-0.3, -0.25) is 4.79 Å². The summed E-state index contributed by atoms with van der Waals surface area (Å²) in [5, 5.41) is 11.3. The minimum absolute atomic E-state index is 0.0238. The number of hydrogen-bond acceptors (Lipinski definition) is 4. The Kier molecular flexibility index (Phi) is 4.63. The van der Waals surface area contributed by atoms with Gasteiger partial charge in [0, 0.05) is 22.4 Å². The Labute approximate surface area is 182 Å². The summed E-state index contributed by atoms with van der Waals surface area (Å²) in [6.45, 7) is -0.359. The minimum Gasteiger partial charge on any atom is -0.322 e. The number of hydrogen-bond donors (Lipinski definition) is 1. The predicted molar refractivity (Wildman–Crippen MR) is 116 cm³/mol. The molecule has 8 nitrogen and oxygen atoms in total. The highest BCUT2D eigenvalue weighted by Gasteiger charge is 2.16. The van der Waals surface area contributed by atoms with Gasteiger partial charge in [-0.25, -0.2) is 22.8 Å². The summed E-state index contributed by atoms with van der Waals surface area (Å²) in [5.41, 5.74) is 2.20. The molecule has 0 aliphatic carbocycles. The highest BCUT2D eigenvalue weighted by molar-refractivity contribution is 9.10. The fraction of sp³-hybridized carbons (Fsp3) is 0.0476. The van der Waals surface area contributed by atoms with Crippen molar-refractivity contribution in [3.05, 3.63) is 87.8 Å². The van der Waals surface area contributed by atoms with Gasteiger partial charge in [-0.1, -0.05) is 46.3 Å². The number of nitrogens with one attached hydrogen (secondary N) is 1. The van der Waals surface area contributed by atoms with Gasteiger partial charge in [-0.05, 0) is 24.3 Å². The van der Waals surface area contributed by atoms with Gasteiger partial charge >= 0.3 is 5.69 Å². The number of nitrogens with zero attached hydrogens (tertiary/aromatic N) is 5. The summed E-state index contributed by atoms with van der Waals surface area (Å²) < 4.78 is 18.5. The van der Waals surface area contributed by atoms with Crippen LogP contribution < -0.4 is 11.0 Å². The van der Waals surface area contributed by atoms with E-state index >= 15 is 0 Å². The summed E-state index contributed by atoms with van der Waals surface area (Å²) in [6.07, 6.45) is 3.20. The molecule has 0 bridgehead atoms. The smallest absolute Gasteiger partial charge is 0.322 e. The molecule has 0 atom stereocenters. The maximum Gasteiger partial charge on any atom is 0.350 e. The largest absolute Gasteiger partial charge is 0.350 e. The molecule has 1 amide bonds. The van der Waals surface area contributed by atoms with Gasteiger partial charge in [0.15, 0.2) is 5.65 Å². The van der Waals surface area contributed by atoms with Crippen LogP contribution in [0.25, 0.3) is 22.4 Å². The third-order valence-electron chi connectivity index (χ3n) is 4.76. The van der Waals surface area contributed by atoms with Crippen molar-refractivity contribution in [1.82, 2.24) is 23.8 Å². The molecule has 0 aliphatic heterocycles. The lowest BCUT2D eigenvalue weighted by atomic mass is 10.1. The molecule has 3 heterocycles. The molecule has 3 aromatic heterocycles. The number of fused-ring (bicyclic) bond motifs is 3. The van der Waals surface area contributed by atoms with Crippen LogP contribution in [0.3, 0.4) is 0 Å². The molecule has 5 rings (SSSR count). The van der Waals surface area contributed by atoms with Crippen LogP contribution in [0, 0.1) is 5.82 Å². The second-order valence-electron chi connectivity index (χ2n) is 6.83. The standard InChI is InChI=1S/C21H14BrFN6O2/c22-14-6-7-16(15(23)10-14)24-19(30)12-29-21(31)27-8-9-28-18(20(27)26-29)11-17(25-28)13-4-2-1-3-5-13/h1-11H,12H2,(H,24,30). The highest BCUT2D eigenvalue weighted by atomic mass is 79.9. The van der Waals surface area contributed by atoms with Crippen LogP contribution in [0.15, 0.2) is 76.3 Å². The summed E-state index contributed by atoms with van der Waals surface area (Å²) in [4.78, 5) is 25.1. The van der Waals surface area contributed by atoms with E-state index in [2.05, 4.69) is 31.4 Å². The lowest BCUT2D eigenvalue weighted by Gasteiger charge is -2.06. The van der Waals surface area contributed by atoms with Crippen LogP contribution in [0.5, 0.6) is 0 Å². The molecule has 31 heavy (non-hydrogen) atoms. The lowest BCUT2D eigenvalue weighted by Crippen LogP contribution is -2.28. The van der Waals surface area contributed by atoms with E-state index in [1.807, 2.05) is 36.4 Å². The molecule has 10 heteroatoms. The molecule has 0 radical (unpaired) electrons. The van der Waals surface area contributed by atoms with Gasteiger partial charge in [0.05, 0.1) is 11.4 Å². The van der Waals surface area contributed by atoms with E-state index in [0.717, 1.165) is 15.9 Å². The van der Waals surface area contributed by atoms with Crippen molar-refractivity contribution in [3.8, 4) is 11.3 Å². The Hall–Kier alpha value is -3.79. The van der Waals surface area contributed by atoms with Crippen molar-refractivity contribution >= 4 is 38.7 Å². The van der Waals surface area contributed by atoms with Crippen molar-refractivity contribution in [3.63, 3.8) is 0 Å². The quantitative estimate of drug-likeness (QED) is 0.427. The fourth-order valence-electron chi connectivity index (χ4n) is 3.30. The molecule has 2 aromatic carbocycles. The number of carbonyl (C=O) groups is 1. The van der Waals surface area contributed by atoms with Gasteiger partial charge < -0.3 is 5.32 Å². The molecule has 0 saturated carbocycles. The first-order chi connectivity index (χ1) is 15.0. The van der Waals surface area contributed by atoms with Crippen LogP contribution in [0.2, 0.25) is 0 Å². The average molecular weight is 481 g/mol. The second kappa shape index (κ2) is 7.47. The van der Waals surface area contributed by atoms with E-state index in [4.69, 9.17) is 0 Å². The topological polar surface area (TPSA) is 85.7 Å². The maximum atomic E-state index is 14.0. The van der Waals surface area contributed by atoms with Crippen molar-refractivity contribution in [1.29, 1.82) is 0 Å². The minimum atomic E-state index is -0.584. The SMILES string of the molecule is O=C(Cn1nc2c3cc(-c4ccccc4)nn3ccn2c1=O)Nc1ccc(Br)cc1F. The number of rotatable bonds is 4. The highest BCUT2D eigenvalue weighted by Crippen LogP contribution is 2.21. The van der Waals surface area contributed by atoms with E-state index in [9.17, 15) is 14.0 Å². The first-order valence-corrected chi connectivity index (χ1v) is 10.1. The van der Waals surface area contributed by atoms with Crippen molar-refractivity contribution in [2.45, 2.75) is 6.54 Å². The first-order valence-electron chi connectivity index (χ1n) is 9.27. The van der Waals surface area contributed by atoms with E-state index < -0.39 is 17.4 Å². The van der Waals surface area contributed by atoms with E-state index in [0.29, 0.717) is 15.6 Å². The number of halogens is 2. The lowest BCUT2D eigenvalue weighted by molar-refractivity contribution is -0.117. The monoisotopic (exact) mass is 480 g/mol. The summed E-state index contributed by atoms with van der Waals surface area (Å²) in [6, 6.07) is 15.8. The van der Waals surface area contributed by atoms with Crippen LogP contribution in [0.4, 0.5) is 10.1 Å². The van der Waals surface area contributed by atoms with Crippen LogP contribution >= 0.6 is 15.9 Å². The summed E-state index contributed by atoms with van der Waals surface area (Å²) in [7, 11) is 0. The molecular weight excluding hydrogens is 467 g/mol. The molecule has 0 unspecified atom stereocenters. The van der Waals surface area contributed by atoms with Gasteiger partial charge in [0.25, 0.3) is 0 Å². The Morgan fingerprint density at radius 1 is 1.06 bits per heavy atom.